The van der Waals surface area contributed by atoms with Gasteiger partial charge in [-0.25, -0.2) is 0 Å². The lowest BCUT2D eigenvalue weighted by Gasteiger charge is -2.42. The third kappa shape index (κ3) is 2.58. The second kappa shape index (κ2) is 5.78. The average Bonchev–Trinajstić information content (AvgIpc) is 2.98. The molecule has 114 valence electrons. The lowest BCUT2D eigenvalue weighted by Crippen LogP contribution is -2.50. The summed E-state index contributed by atoms with van der Waals surface area (Å²) in [4.78, 5) is 12.7. The van der Waals surface area contributed by atoms with Gasteiger partial charge in [-0.15, -0.1) is 0 Å². The summed E-state index contributed by atoms with van der Waals surface area (Å²) in [6, 6.07) is 10.1. The number of nitrogens with one attached hydrogen (secondary N) is 1. The molecule has 1 heterocycles. The van der Waals surface area contributed by atoms with Gasteiger partial charge in [0.15, 0.2) is 5.79 Å². The van der Waals surface area contributed by atoms with Crippen molar-refractivity contribution in [3.05, 3.63) is 35.9 Å². The van der Waals surface area contributed by atoms with E-state index >= 15 is 0 Å². The number of hydrogen-bond donors (Lipinski definition) is 1. The van der Waals surface area contributed by atoms with Gasteiger partial charge < -0.3 is 14.8 Å². The molecule has 4 heteroatoms. The van der Waals surface area contributed by atoms with Gasteiger partial charge in [0.2, 0.25) is 5.91 Å². The summed E-state index contributed by atoms with van der Waals surface area (Å²) in [5.41, 5.74) is 0.654. The smallest absolute Gasteiger partial charge is 0.230 e. The molecule has 0 atom stereocenters. The molecule has 3 rings (SSSR count). The molecule has 2 aliphatic rings. The van der Waals surface area contributed by atoms with E-state index in [1.54, 1.807) is 0 Å². The van der Waals surface area contributed by atoms with E-state index in [0.717, 1.165) is 31.2 Å². The molecule has 1 saturated carbocycles. The van der Waals surface area contributed by atoms with Crippen LogP contribution in [0.4, 0.5) is 0 Å². The van der Waals surface area contributed by atoms with Gasteiger partial charge in [-0.3, -0.25) is 4.79 Å². The number of amides is 1. The van der Waals surface area contributed by atoms with E-state index in [4.69, 9.17) is 9.47 Å². The average molecular weight is 289 g/mol. The largest absolute Gasteiger partial charge is 0.356 e. The summed E-state index contributed by atoms with van der Waals surface area (Å²) in [6.45, 7) is 3.95. The molecule has 1 aliphatic heterocycles. The Balaban J connectivity index is 1.87. The zero-order valence-corrected chi connectivity index (χ0v) is 12.6. The SMILES string of the molecule is CCNC(=O)C1(c2ccccc2)CCC2(CC1)OCCO2. The first-order valence-electron chi connectivity index (χ1n) is 7.83. The van der Waals surface area contributed by atoms with Crippen molar-refractivity contribution in [2.45, 2.75) is 43.8 Å². The number of likely N-dealkylation sites (N-methyl/N-ethyl adjacent to an activating group) is 1. The van der Waals surface area contributed by atoms with Gasteiger partial charge in [0, 0.05) is 19.4 Å². The molecule has 1 N–H and O–H groups in total. The third-order valence-corrected chi connectivity index (χ3v) is 4.78. The van der Waals surface area contributed by atoms with Crippen LogP contribution >= 0.6 is 0 Å². The van der Waals surface area contributed by atoms with Crippen LogP contribution in [0.25, 0.3) is 0 Å². The highest BCUT2D eigenvalue weighted by Crippen LogP contribution is 2.46. The maximum absolute atomic E-state index is 12.7. The highest BCUT2D eigenvalue weighted by Gasteiger charge is 2.50. The molecule has 1 saturated heterocycles. The monoisotopic (exact) mass is 289 g/mol. The Morgan fingerprint density at radius 3 is 2.29 bits per heavy atom. The van der Waals surface area contributed by atoms with Crippen LogP contribution in [0.3, 0.4) is 0 Å². The predicted molar refractivity (Wildman–Crippen MR) is 79.9 cm³/mol. The van der Waals surface area contributed by atoms with Crippen molar-refractivity contribution in [1.29, 1.82) is 0 Å². The molecule has 2 fully saturated rings. The highest BCUT2D eigenvalue weighted by molar-refractivity contribution is 5.88. The molecule has 1 aromatic rings. The summed E-state index contributed by atoms with van der Waals surface area (Å²) in [5, 5.41) is 3.01. The van der Waals surface area contributed by atoms with Gasteiger partial charge >= 0.3 is 0 Å². The molecule has 0 bridgehead atoms. The molecule has 0 aromatic heterocycles. The van der Waals surface area contributed by atoms with Crippen molar-refractivity contribution in [3.63, 3.8) is 0 Å². The summed E-state index contributed by atoms with van der Waals surface area (Å²) < 4.78 is 11.6. The Hall–Kier alpha value is -1.39. The molecule has 1 spiro atoms. The maximum Gasteiger partial charge on any atom is 0.230 e. The minimum Gasteiger partial charge on any atom is -0.356 e. The second-order valence-electron chi connectivity index (χ2n) is 5.92. The van der Waals surface area contributed by atoms with Crippen LogP contribution < -0.4 is 5.32 Å². The Bertz CT molecular complexity index is 484. The number of carbonyl (C=O) groups is 1. The van der Waals surface area contributed by atoms with Crippen LogP contribution in [0.5, 0.6) is 0 Å². The van der Waals surface area contributed by atoms with Crippen LogP contribution in [0.15, 0.2) is 30.3 Å². The first-order chi connectivity index (χ1) is 10.2. The van der Waals surface area contributed by atoms with E-state index in [1.165, 1.54) is 0 Å². The van der Waals surface area contributed by atoms with E-state index in [9.17, 15) is 4.79 Å². The van der Waals surface area contributed by atoms with Gasteiger partial charge in [0.1, 0.15) is 0 Å². The highest BCUT2D eigenvalue weighted by atomic mass is 16.7. The number of carbonyl (C=O) groups excluding carboxylic acids is 1. The van der Waals surface area contributed by atoms with Crippen molar-refractivity contribution >= 4 is 5.91 Å². The van der Waals surface area contributed by atoms with Crippen LogP contribution in [-0.2, 0) is 19.7 Å². The maximum atomic E-state index is 12.7. The fourth-order valence-electron chi connectivity index (χ4n) is 3.58. The van der Waals surface area contributed by atoms with Gasteiger partial charge in [-0.1, -0.05) is 30.3 Å². The van der Waals surface area contributed by atoms with Crippen molar-refractivity contribution < 1.29 is 14.3 Å². The van der Waals surface area contributed by atoms with Crippen LogP contribution in [0.1, 0.15) is 38.2 Å². The minimum atomic E-state index is -0.447. The van der Waals surface area contributed by atoms with E-state index in [-0.39, 0.29) is 5.91 Å². The zero-order valence-electron chi connectivity index (χ0n) is 12.6. The molecule has 1 aromatic carbocycles. The Labute approximate surface area is 125 Å². The zero-order chi connectivity index (χ0) is 14.8. The number of benzene rings is 1. The summed E-state index contributed by atoms with van der Waals surface area (Å²) in [5.74, 6) is -0.311. The molecule has 0 unspecified atom stereocenters. The summed E-state index contributed by atoms with van der Waals surface area (Å²) in [7, 11) is 0. The first-order valence-corrected chi connectivity index (χ1v) is 7.83. The molecule has 4 nitrogen and oxygen atoms in total. The fraction of sp³-hybridized carbons (Fsp3) is 0.588. The Kier molecular flexibility index (Phi) is 4.00. The van der Waals surface area contributed by atoms with Crippen LogP contribution in [0.2, 0.25) is 0 Å². The van der Waals surface area contributed by atoms with Crippen LogP contribution in [0, 0.1) is 0 Å². The lowest BCUT2D eigenvalue weighted by molar-refractivity contribution is -0.186. The van der Waals surface area contributed by atoms with Crippen molar-refractivity contribution in [2.24, 2.45) is 0 Å². The molecule has 21 heavy (non-hydrogen) atoms. The Morgan fingerprint density at radius 2 is 1.71 bits per heavy atom. The summed E-state index contributed by atoms with van der Waals surface area (Å²) in [6.07, 6.45) is 3.09. The quantitative estimate of drug-likeness (QED) is 0.929. The van der Waals surface area contributed by atoms with Crippen molar-refractivity contribution in [2.75, 3.05) is 19.8 Å². The van der Waals surface area contributed by atoms with E-state index < -0.39 is 11.2 Å². The van der Waals surface area contributed by atoms with Crippen LogP contribution in [-0.4, -0.2) is 31.5 Å². The molecular formula is C17H23NO3. The van der Waals surface area contributed by atoms with Crippen molar-refractivity contribution in [3.8, 4) is 0 Å². The lowest BCUT2D eigenvalue weighted by atomic mass is 9.67. The number of hydrogen-bond acceptors (Lipinski definition) is 3. The minimum absolute atomic E-state index is 0.129. The second-order valence-corrected chi connectivity index (χ2v) is 5.92. The van der Waals surface area contributed by atoms with Crippen molar-refractivity contribution in [1.82, 2.24) is 5.32 Å². The summed E-state index contributed by atoms with van der Waals surface area (Å²) >= 11 is 0. The van der Waals surface area contributed by atoms with E-state index in [2.05, 4.69) is 17.4 Å². The molecular weight excluding hydrogens is 266 g/mol. The van der Waals surface area contributed by atoms with E-state index in [0.29, 0.717) is 19.8 Å². The fourth-order valence-corrected chi connectivity index (χ4v) is 3.58. The van der Waals surface area contributed by atoms with Gasteiger partial charge in [-0.2, -0.15) is 0 Å². The normalized spacial score (nSPS) is 23.1. The first kappa shape index (κ1) is 14.5. The predicted octanol–water partition coefficient (Wildman–Crippen LogP) is 2.38. The molecule has 1 amide bonds. The topological polar surface area (TPSA) is 47.6 Å². The number of rotatable bonds is 3. The van der Waals surface area contributed by atoms with E-state index in [1.807, 2.05) is 25.1 Å². The standard InChI is InChI=1S/C17H23NO3/c1-2-18-15(19)16(14-6-4-3-5-7-14)8-10-17(11-9-16)20-12-13-21-17/h3-7H,2,8-13H2,1H3,(H,18,19). The molecule has 1 aliphatic carbocycles. The third-order valence-electron chi connectivity index (χ3n) is 4.78. The molecule has 0 radical (unpaired) electrons. The van der Waals surface area contributed by atoms with Gasteiger partial charge in [0.05, 0.1) is 18.6 Å². The Morgan fingerprint density at radius 1 is 1.10 bits per heavy atom. The van der Waals surface area contributed by atoms with Gasteiger partial charge in [0.25, 0.3) is 0 Å². The number of ether oxygens (including phenoxy) is 2. The van der Waals surface area contributed by atoms with Gasteiger partial charge in [-0.05, 0) is 25.3 Å².